The summed E-state index contributed by atoms with van der Waals surface area (Å²) in [5.41, 5.74) is 1.60. The van der Waals surface area contributed by atoms with E-state index >= 15 is 0 Å². The number of hydrogen-bond acceptors (Lipinski definition) is 2. The van der Waals surface area contributed by atoms with Gasteiger partial charge < -0.3 is 0 Å². The van der Waals surface area contributed by atoms with Crippen LogP contribution in [0.15, 0.2) is 54.6 Å². The summed E-state index contributed by atoms with van der Waals surface area (Å²) in [6.45, 7) is 0.635. The Hall–Kier alpha value is -2.18. The van der Waals surface area contributed by atoms with Gasteiger partial charge in [-0.15, -0.1) is 0 Å². The zero-order valence-corrected chi connectivity index (χ0v) is 10.5. The Kier molecular flexibility index (Phi) is 4.66. The van der Waals surface area contributed by atoms with Crippen LogP contribution in [0.4, 0.5) is 4.39 Å². The second kappa shape index (κ2) is 6.67. The lowest BCUT2D eigenvalue weighted by molar-refractivity contribution is 0.563. The van der Waals surface area contributed by atoms with Crippen LogP contribution in [0.25, 0.3) is 0 Å². The molecule has 0 fully saturated rings. The van der Waals surface area contributed by atoms with Crippen molar-refractivity contribution in [2.24, 2.45) is 0 Å². The van der Waals surface area contributed by atoms with Gasteiger partial charge in [0.2, 0.25) is 0 Å². The number of nitrogens with zero attached hydrogens (tertiary/aromatic N) is 1. The maximum Gasteiger partial charge on any atom is 0.129 e. The Morgan fingerprint density at radius 2 is 1.74 bits per heavy atom. The standard InChI is InChI=1S/C16H15FN2/c17-15-9-5-4-8-14(15)16(12-18)19-11-10-13-6-2-1-3-7-13/h1-9,16,19H,10-11H2. The van der Waals surface area contributed by atoms with Gasteiger partial charge in [-0.3, -0.25) is 5.32 Å². The molecule has 0 saturated carbocycles. The van der Waals surface area contributed by atoms with Crippen molar-refractivity contribution in [1.29, 1.82) is 5.26 Å². The van der Waals surface area contributed by atoms with Crippen molar-refractivity contribution in [2.45, 2.75) is 12.5 Å². The number of halogens is 1. The van der Waals surface area contributed by atoms with Gasteiger partial charge in [-0.05, 0) is 18.1 Å². The highest BCUT2D eigenvalue weighted by Crippen LogP contribution is 2.15. The van der Waals surface area contributed by atoms with E-state index in [9.17, 15) is 4.39 Å². The van der Waals surface area contributed by atoms with Crippen LogP contribution in [0.1, 0.15) is 17.2 Å². The summed E-state index contributed by atoms with van der Waals surface area (Å²) in [5.74, 6) is -0.346. The molecule has 2 rings (SSSR count). The van der Waals surface area contributed by atoms with E-state index in [0.717, 1.165) is 6.42 Å². The Morgan fingerprint density at radius 1 is 1.05 bits per heavy atom. The average molecular weight is 254 g/mol. The number of rotatable bonds is 5. The van der Waals surface area contributed by atoms with Gasteiger partial charge in [0.05, 0.1) is 6.07 Å². The van der Waals surface area contributed by atoms with Crippen LogP contribution in [0.3, 0.4) is 0 Å². The molecule has 1 unspecified atom stereocenters. The van der Waals surface area contributed by atoms with E-state index in [-0.39, 0.29) is 5.82 Å². The van der Waals surface area contributed by atoms with Crippen LogP contribution in [0, 0.1) is 17.1 Å². The summed E-state index contributed by atoms with van der Waals surface area (Å²) in [6, 6.07) is 17.9. The maximum atomic E-state index is 13.6. The zero-order valence-electron chi connectivity index (χ0n) is 10.5. The molecule has 0 spiro atoms. The molecular weight excluding hydrogens is 239 g/mol. The predicted molar refractivity (Wildman–Crippen MR) is 72.9 cm³/mol. The minimum Gasteiger partial charge on any atom is -0.298 e. The Bertz CT molecular complexity index is 560. The molecule has 3 heteroatoms. The van der Waals surface area contributed by atoms with Crippen LogP contribution >= 0.6 is 0 Å². The van der Waals surface area contributed by atoms with Crippen molar-refractivity contribution in [3.8, 4) is 6.07 Å². The highest BCUT2D eigenvalue weighted by molar-refractivity contribution is 5.25. The topological polar surface area (TPSA) is 35.8 Å². The minimum absolute atomic E-state index is 0.346. The van der Waals surface area contributed by atoms with E-state index in [4.69, 9.17) is 5.26 Å². The second-order valence-corrected chi connectivity index (χ2v) is 4.27. The second-order valence-electron chi connectivity index (χ2n) is 4.27. The zero-order chi connectivity index (χ0) is 13.5. The van der Waals surface area contributed by atoms with Crippen molar-refractivity contribution in [3.63, 3.8) is 0 Å². The van der Waals surface area contributed by atoms with Gasteiger partial charge in [0.15, 0.2) is 0 Å². The molecule has 2 aromatic rings. The Balaban J connectivity index is 1.94. The van der Waals surface area contributed by atoms with E-state index < -0.39 is 6.04 Å². The normalized spacial score (nSPS) is 11.8. The van der Waals surface area contributed by atoms with Gasteiger partial charge >= 0.3 is 0 Å². The fraction of sp³-hybridized carbons (Fsp3) is 0.188. The van der Waals surface area contributed by atoms with Crippen molar-refractivity contribution in [2.75, 3.05) is 6.54 Å². The third kappa shape index (κ3) is 3.64. The highest BCUT2D eigenvalue weighted by Gasteiger charge is 2.13. The number of hydrogen-bond donors (Lipinski definition) is 1. The van der Waals surface area contributed by atoms with Crippen molar-refractivity contribution >= 4 is 0 Å². The van der Waals surface area contributed by atoms with Gasteiger partial charge in [0, 0.05) is 12.1 Å². The molecule has 0 bridgehead atoms. The van der Waals surface area contributed by atoms with Crippen molar-refractivity contribution < 1.29 is 4.39 Å². The highest BCUT2D eigenvalue weighted by atomic mass is 19.1. The molecule has 0 aromatic heterocycles. The summed E-state index contributed by atoms with van der Waals surface area (Å²) in [7, 11) is 0. The lowest BCUT2D eigenvalue weighted by Gasteiger charge is -2.12. The van der Waals surface area contributed by atoms with E-state index in [2.05, 4.69) is 11.4 Å². The number of nitriles is 1. The van der Waals surface area contributed by atoms with E-state index in [0.29, 0.717) is 12.1 Å². The van der Waals surface area contributed by atoms with E-state index in [1.54, 1.807) is 18.2 Å². The lowest BCUT2D eigenvalue weighted by atomic mass is 10.1. The van der Waals surface area contributed by atoms with Gasteiger partial charge in [-0.2, -0.15) is 5.26 Å². The lowest BCUT2D eigenvalue weighted by Crippen LogP contribution is -2.23. The molecule has 1 N–H and O–H groups in total. The first-order valence-corrected chi connectivity index (χ1v) is 6.22. The maximum absolute atomic E-state index is 13.6. The molecule has 0 heterocycles. The molecule has 0 aliphatic heterocycles. The quantitative estimate of drug-likeness (QED) is 0.889. The van der Waals surface area contributed by atoms with Crippen LogP contribution in [0.2, 0.25) is 0 Å². The SMILES string of the molecule is N#CC(NCCc1ccccc1)c1ccccc1F. The molecule has 19 heavy (non-hydrogen) atoms. The Labute approximate surface area is 112 Å². The summed E-state index contributed by atoms with van der Waals surface area (Å²) >= 11 is 0. The van der Waals surface area contributed by atoms with Gasteiger partial charge in [-0.1, -0.05) is 48.5 Å². The molecule has 2 aromatic carbocycles. The number of nitrogens with one attached hydrogen (secondary N) is 1. The molecule has 96 valence electrons. The largest absolute Gasteiger partial charge is 0.298 e. The van der Waals surface area contributed by atoms with Crippen molar-refractivity contribution in [3.05, 3.63) is 71.5 Å². The molecule has 0 amide bonds. The molecule has 0 radical (unpaired) electrons. The van der Waals surface area contributed by atoms with Crippen molar-refractivity contribution in [1.82, 2.24) is 5.32 Å². The molecule has 1 atom stereocenters. The fourth-order valence-corrected chi connectivity index (χ4v) is 1.94. The minimum atomic E-state index is -0.607. The summed E-state index contributed by atoms with van der Waals surface area (Å²) in [5, 5.41) is 12.2. The first kappa shape index (κ1) is 13.3. The summed E-state index contributed by atoms with van der Waals surface area (Å²) in [6.07, 6.45) is 0.813. The van der Waals surface area contributed by atoms with Crippen LogP contribution in [0.5, 0.6) is 0 Å². The smallest absolute Gasteiger partial charge is 0.129 e. The number of benzene rings is 2. The Morgan fingerprint density at radius 3 is 2.42 bits per heavy atom. The fourth-order valence-electron chi connectivity index (χ4n) is 1.94. The predicted octanol–water partition coefficient (Wildman–Crippen LogP) is 3.22. The summed E-state index contributed by atoms with van der Waals surface area (Å²) < 4.78 is 13.6. The first-order valence-electron chi connectivity index (χ1n) is 6.22. The van der Waals surface area contributed by atoms with Gasteiger partial charge in [0.25, 0.3) is 0 Å². The third-order valence-electron chi connectivity index (χ3n) is 2.95. The monoisotopic (exact) mass is 254 g/mol. The third-order valence-corrected chi connectivity index (χ3v) is 2.95. The van der Waals surface area contributed by atoms with Crippen LogP contribution < -0.4 is 5.32 Å². The van der Waals surface area contributed by atoms with Crippen LogP contribution in [-0.2, 0) is 6.42 Å². The van der Waals surface area contributed by atoms with E-state index in [1.807, 2.05) is 30.3 Å². The van der Waals surface area contributed by atoms with Gasteiger partial charge in [-0.25, -0.2) is 4.39 Å². The van der Waals surface area contributed by atoms with E-state index in [1.165, 1.54) is 11.6 Å². The van der Waals surface area contributed by atoms with Crippen LogP contribution in [-0.4, -0.2) is 6.54 Å². The molecular formula is C16H15FN2. The molecule has 0 aliphatic rings. The molecule has 0 aliphatic carbocycles. The first-order chi connectivity index (χ1) is 9.31. The summed E-state index contributed by atoms with van der Waals surface area (Å²) in [4.78, 5) is 0. The molecule has 2 nitrogen and oxygen atoms in total. The van der Waals surface area contributed by atoms with Gasteiger partial charge in [0.1, 0.15) is 11.9 Å². The molecule has 0 saturated heterocycles. The average Bonchev–Trinajstić information content (AvgIpc) is 2.46.